The number of benzene rings is 1. The second-order valence-corrected chi connectivity index (χ2v) is 6.45. The van der Waals surface area contributed by atoms with Crippen molar-refractivity contribution in [2.45, 2.75) is 31.6 Å². The lowest BCUT2D eigenvalue weighted by molar-refractivity contribution is 0.381. The van der Waals surface area contributed by atoms with Gasteiger partial charge in [0.25, 0.3) is 0 Å². The lowest BCUT2D eigenvalue weighted by atomic mass is 10.0. The van der Waals surface area contributed by atoms with Crippen molar-refractivity contribution in [3.05, 3.63) is 34.8 Å². The standard InChI is InChI=1S/C16H16ClFN2O/c17-11-7-3-6-10(14(11)18)13-15(21-20-16(13)19)12-8-4-1-2-5-9(8)12/h3,6-9,12H,1-2,4-5H2,(H2,19,20). The molecule has 1 heterocycles. The topological polar surface area (TPSA) is 52.0 Å². The van der Waals surface area contributed by atoms with Crippen LogP contribution in [-0.2, 0) is 0 Å². The zero-order valence-corrected chi connectivity index (χ0v) is 12.2. The summed E-state index contributed by atoms with van der Waals surface area (Å²) in [4.78, 5) is 0. The summed E-state index contributed by atoms with van der Waals surface area (Å²) >= 11 is 5.89. The quantitative estimate of drug-likeness (QED) is 0.880. The van der Waals surface area contributed by atoms with Gasteiger partial charge in [-0.05, 0) is 30.7 Å². The van der Waals surface area contributed by atoms with E-state index < -0.39 is 5.82 Å². The third-order valence-corrected chi connectivity index (χ3v) is 5.22. The van der Waals surface area contributed by atoms with E-state index in [1.165, 1.54) is 31.7 Å². The Bertz CT molecular complexity index is 688. The van der Waals surface area contributed by atoms with Crippen molar-refractivity contribution in [1.82, 2.24) is 5.16 Å². The highest BCUT2D eigenvalue weighted by Gasteiger charge is 2.54. The van der Waals surface area contributed by atoms with E-state index >= 15 is 0 Å². The molecule has 0 spiro atoms. The van der Waals surface area contributed by atoms with E-state index in [4.69, 9.17) is 21.9 Å². The number of rotatable bonds is 2. The molecule has 2 aliphatic rings. The summed E-state index contributed by atoms with van der Waals surface area (Å²) < 4.78 is 19.8. The van der Waals surface area contributed by atoms with Gasteiger partial charge in [0.15, 0.2) is 11.6 Å². The van der Waals surface area contributed by atoms with Crippen molar-refractivity contribution < 1.29 is 8.91 Å². The summed E-state index contributed by atoms with van der Waals surface area (Å²) in [5, 5.41) is 3.97. The zero-order valence-electron chi connectivity index (χ0n) is 11.5. The fourth-order valence-corrected chi connectivity index (χ4v) is 4.07. The molecule has 2 atom stereocenters. The lowest BCUT2D eigenvalue weighted by Crippen LogP contribution is -1.94. The first-order valence-corrected chi connectivity index (χ1v) is 7.75. The number of nitrogen functional groups attached to an aromatic ring is 1. The van der Waals surface area contributed by atoms with E-state index in [1.54, 1.807) is 12.1 Å². The molecule has 2 N–H and O–H groups in total. The average molecular weight is 307 g/mol. The summed E-state index contributed by atoms with van der Waals surface area (Å²) in [6.45, 7) is 0. The van der Waals surface area contributed by atoms with Crippen LogP contribution in [0.4, 0.5) is 10.2 Å². The summed E-state index contributed by atoms with van der Waals surface area (Å²) in [5.74, 6) is 2.16. The maximum absolute atomic E-state index is 14.3. The van der Waals surface area contributed by atoms with Gasteiger partial charge in [0.2, 0.25) is 0 Å². The van der Waals surface area contributed by atoms with Crippen molar-refractivity contribution >= 4 is 17.4 Å². The number of nitrogens with zero attached hydrogens (tertiary/aromatic N) is 1. The molecule has 2 aliphatic carbocycles. The molecule has 2 saturated carbocycles. The third-order valence-electron chi connectivity index (χ3n) is 4.93. The van der Waals surface area contributed by atoms with E-state index in [0.29, 0.717) is 28.9 Å². The fraction of sp³-hybridized carbons (Fsp3) is 0.438. The molecule has 3 nitrogen and oxygen atoms in total. The Hall–Kier alpha value is -1.55. The van der Waals surface area contributed by atoms with Crippen LogP contribution in [0.2, 0.25) is 5.02 Å². The third kappa shape index (κ3) is 1.96. The molecule has 2 aromatic rings. The first-order valence-electron chi connectivity index (χ1n) is 7.38. The molecule has 2 fully saturated rings. The average Bonchev–Trinajstić information content (AvgIpc) is 3.10. The van der Waals surface area contributed by atoms with Crippen molar-refractivity contribution in [1.29, 1.82) is 0 Å². The number of fused-ring (bicyclic) bond motifs is 1. The van der Waals surface area contributed by atoms with Crippen LogP contribution in [0.15, 0.2) is 22.7 Å². The van der Waals surface area contributed by atoms with E-state index in [-0.39, 0.29) is 10.8 Å². The minimum absolute atomic E-state index is 0.0901. The second kappa shape index (κ2) is 4.73. The molecule has 1 aromatic heterocycles. The Morgan fingerprint density at radius 1 is 1.24 bits per heavy atom. The van der Waals surface area contributed by atoms with Crippen LogP contribution >= 0.6 is 11.6 Å². The molecular weight excluding hydrogens is 291 g/mol. The molecule has 4 rings (SSSR count). The van der Waals surface area contributed by atoms with Gasteiger partial charge in [0.05, 0.1) is 10.6 Å². The smallest absolute Gasteiger partial charge is 0.175 e. The molecule has 2 unspecified atom stereocenters. The first kappa shape index (κ1) is 13.1. The van der Waals surface area contributed by atoms with Crippen LogP contribution < -0.4 is 5.73 Å². The SMILES string of the molecule is Nc1noc(C2C3CCCCC32)c1-c1cccc(Cl)c1F. The van der Waals surface area contributed by atoms with E-state index in [2.05, 4.69) is 5.16 Å². The number of aromatic nitrogens is 1. The summed E-state index contributed by atoms with van der Waals surface area (Å²) in [7, 11) is 0. The van der Waals surface area contributed by atoms with E-state index in [1.807, 2.05) is 0 Å². The zero-order chi connectivity index (χ0) is 14.6. The van der Waals surface area contributed by atoms with Gasteiger partial charge in [-0.25, -0.2) is 4.39 Å². The molecule has 110 valence electrons. The van der Waals surface area contributed by atoms with Crippen LogP contribution in [0, 0.1) is 17.7 Å². The van der Waals surface area contributed by atoms with Crippen molar-refractivity contribution in [3.63, 3.8) is 0 Å². The van der Waals surface area contributed by atoms with E-state index in [0.717, 1.165) is 5.76 Å². The van der Waals surface area contributed by atoms with Gasteiger partial charge in [-0.3, -0.25) is 0 Å². The minimum atomic E-state index is -0.459. The number of nitrogens with two attached hydrogens (primary N) is 1. The van der Waals surface area contributed by atoms with Gasteiger partial charge in [0, 0.05) is 11.5 Å². The van der Waals surface area contributed by atoms with Gasteiger partial charge in [0.1, 0.15) is 5.82 Å². The van der Waals surface area contributed by atoms with Crippen LogP contribution in [0.25, 0.3) is 11.1 Å². The van der Waals surface area contributed by atoms with Gasteiger partial charge in [-0.15, -0.1) is 0 Å². The first-order chi connectivity index (χ1) is 10.2. The highest BCUT2D eigenvalue weighted by molar-refractivity contribution is 6.31. The molecule has 0 aliphatic heterocycles. The number of hydrogen-bond donors (Lipinski definition) is 1. The highest BCUT2D eigenvalue weighted by Crippen LogP contribution is 2.63. The number of hydrogen-bond acceptors (Lipinski definition) is 3. The molecule has 0 bridgehead atoms. The highest BCUT2D eigenvalue weighted by atomic mass is 35.5. The van der Waals surface area contributed by atoms with Crippen LogP contribution in [-0.4, -0.2) is 5.16 Å². The van der Waals surface area contributed by atoms with Crippen LogP contribution in [0.1, 0.15) is 37.4 Å². The lowest BCUT2D eigenvalue weighted by Gasteiger charge is -2.05. The molecule has 1 aromatic carbocycles. The van der Waals surface area contributed by atoms with Crippen LogP contribution in [0.3, 0.4) is 0 Å². The molecule has 5 heteroatoms. The van der Waals surface area contributed by atoms with E-state index in [9.17, 15) is 4.39 Å². The maximum atomic E-state index is 14.3. The Morgan fingerprint density at radius 2 is 1.95 bits per heavy atom. The van der Waals surface area contributed by atoms with Gasteiger partial charge in [-0.2, -0.15) is 0 Å². The van der Waals surface area contributed by atoms with Crippen molar-refractivity contribution in [3.8, 4) is 11.1 Å². The Labute approximate surface area is 127 Å². The maximum Gasteiger partial charge on any atom is 0.175 e. The van der Waals surface area contributed by atoms with Gasteiger partial charge < -0.3 is 10.3 Å². The molecule has 0 radical (unpaired) electrons. The largest absolute Gasteiger partial charge is 0.380 e. The monoisotopic (exact) mass is 306 g/mol. The number of halogens is 2. The predicted octanol–water partition coefficient (Wildman–Crippen LogP) is 4.62. The number of anilines is 1. The van der Waals surface area contributed by atoms with Crippen molar-refractivity contribution in [2.24, 2.45) is 11.8 Å². The molecule has 21 heavy (non-hydrogen) atoms. The minimum Gasteiger partial charge on any atom is -0.380 e. The summed E-state index contributed by atoms with van der Waals surface area (Å²) in [6, 6.07) is 4.93. The summed E-state index contributed by atoms with van der Waals surface area (Å²) in [5.41, 5.74) is 6.91. The molecule has 0 saturated heterocycles. The molecular formula is C16H16ClFN2O. The van der Waals surface area contributed by atoms with Crippen LogP contribution in [0.5, 0.6) is 0 Å². The van der Waals surface area contributed by atoms with Crippen molar-refractivity contribution in [2.75, 3.05) is 5.73 Å². The normalized spacial score (nSPS) is 27.4. The Balaban J connectivity index is 1.80. The second-order valence-electron chi connectivity index (χ2n) is 6.05. The predicted molar refractivity (Wildman–Crippen MR) is 79.5 cm³/mol. The summed E-state index contributed by atoms with van der Waals surface area (Å²) in [6.07, 6.45) is 4.96. The fourth-order valence-electron chi connectivity index (χ4n) is 3.89. The Morgan fingerprint density at radius 3 is 2.67 bits per heavy atom. The van der Waals surface area contributed by atoms with Gasteiger partial charge >= 0.3 is 0 Å². The molecule has 0 amide bonds. The Kier molecular flexibility index (Phi) is 2.96. The van der Waals surface area contributed by atoms with Gasteiger partial charge in [-0.1, -0.05) is 41.7 Å².